The van der Waals surface area contributed by atoms with E-state index < -0.39 is 16.5 Å². The lowest BCUT2D eigenvalue weighted by atomic mass is 10.1. The van der Waals surface area contributed by atoms with Crippen LogP contribution in [0.4, 0.5) is 4.39 Å². The van der Waals surface area contributed by atoms with Gasteiger partial charge in [0.05, 0.1) is 4.92 Å². The van der Waals surface area contributed by atoms with Crippen LogP contribution in [-0.2, 0) is 4.79 Å². The highest BCUT2D eigenvalue weighted by Crippen LogP contribution is 2.19. The van der Waals surface area contributed by atoms with Crippen molar-refractivity contribution in [2.45, 2.75) is 5.79 Å². The topological polar surface area (TPSA) is 60.2 Å². The molecule has 0 spiro atoms. The first-order valence-corrected chi connectivity index (χ1v) is 2.81. The highest BCUT2D eigenvalue weighted by Gasteiger charge is 2.48. The highest BCUT2D eigenvalue weighted by atomic mass is 19.1. The Hall–Kier alpha value is -1.52. The summed E-state index contributed by atoms with van der Waals surface area (Å²) < 4.78 is 12.9. The third-order valence-electron chi connectivity index (χ3n) is 1.29. The maximum atomic E-state index is 12.9. The zero-order valence-electron chi connectivity index (χ0n) is 5.36. The second-order valence-corrected chi connectivity index (χ2v) is 2.01. The molecule has 5 heteroatoms. The van der Waals surface area contributed by atoms with E-state index in [1.807, 2.05) is 0 Å². The zero-order valence-corrected chi connectivity index (χ0v) is 5.36. The van der Waals surface area contributed by atoms with Crippen LogP contribution in [0.5, 0.6) is 0 Å². The molecule has 0 bridgehead atoms. The largest absolute Gasteiger partial charge is 0.440 e. The number of allylic oxidation sites excluding steroid dienone is 2. The Morgan fingerprint density at radius 3 is 2.55 bits per heavy atom. The second kappa shape index (κ2) is 2.26. The molecule has 0 amide bonds. The molecule has 0 N–H and O–H groups in total. The Morgan fingerprint density at radius 2 is 2.18 bits per heavy atom. The summed E-state index contributed by atoms with van der Waals surface area (Å²) in [6, 6.07) is 0. The predicted octanol–water partition coefficient (Wildman–Crippen LogP) is 0.624. The third kappa shape index (κ3) is 1.04. The number of nitro groups is 1. The maximum absolute atomic E-state index is 12.9. The van der Waals surface area contributed by atoms with Gasteiger partial charge >= 0.3 is 5.79 Å². The minimum atomic E-state index is -3.05. The summed E-state index contributed by atoms with van der Waals surface area (Å²) in [6.07, 6.45) is 3.84. The molecule has 11 heavy (non-hydrogen) atoms. The number of halogens is 1. The lowest BCUT2D eigenvalue weighted by molar-refractivity contribution is -0.569. The van der Waals surface area contributed by atoms with Crippen LogP contribution in [0, 0.1) is 10.1 Å². The first-order chi connectivity index (χ1) is 5.07. The van der Waals surface area contributed by atoms with Crippen LogP contribution in [0.3, 0.4) is 0 Å². The van der Waals surface area contributed by atoms with E-state index in [0.717, 1.165) is 12.2 Å². The Kier molecular flexibility index (Phi) is 1.56. The summed E-state index contributed by atoms with van der Waals surface area (Å²) >= 11 is 0. The molecular weight excluding hydrogens is 153 g/mol. The number of rotatable bonds is 1. The first-order valence-electron chi connectivity index (χ1n) is 2.81. The summed E-state index contributed by atoms with van der Waals surface area (Å²) in [5.74, 6) is -4.20. The van der Waals surface area contributed by atoms with Crippen LogP contribution in [0.25, 0.3) is 0 Å². The highest BCUT2D eigenvalue weighted by molar-refractivity contribution is 5.98. The number of nitrogens with zero attached hydrogens (tertiary/aromatic N) is 1. The van der Waals surface area contributed by atoms with Gasteiger partial charge in [-0.2, -0.15) is 4.39 Å². The summed E-state index contributed by atoms with van der Waals surface area (Å²) in [4.78, 5) is 19.4. The predicted molar refractivity (Wildman–Crippen MR) is 34.1 cm³/mol. The van der Waals surface area contributed by atoms with Gasteiger partial charge in [0, 0.05) is 6.08 Å². The van der Waals surface area contributed by atoms with Crippen LogP contribution in [0.1, 0.15) is 0 Å². The minimum absolute atomic E-state index is 0.620. The van der Waals surface area contributed by atoms with Crippen molar-refractivity contribution in [3.05, 3.63) is 34.4 Å². The van der Waals surface area contributed by atoms with Gasteiger partial charge in [-0.05, 0) is 6.08 Å². The molecule has 4 nitrogen and oxygen atoms in total. The summed E-state index contributed by atoms with van der Waals surface area (Å²) in [5.41, 5.74) is 0. The standard InChI is InChI=1S/C6H4FNO3/c7-6(8(10)11)4-2-1-3-5(6)9/h1-4H. The molecule has 0 aliphatic heterocycles. The number of hydrogen-bond acceptors (Lipinski definition) is 3. The molecule has 0 radical (unpaired) electrons. The van der Waals surface area contributed by atoms with E-state index in [4.69, 9.17) is 0 Å². The van der Waals surface area contributed by atoms with Gasteiger partial charge in [0.25, 0.3) is 5.78 Å². The number of hydrogen-bond donors (Lipinski definition) is 0. The quantitative estimate of drug-likeness (QED) is 0.318. The van der Waals surface area contributed by atoms with Gasteiger partial charge in [0.2, 0.25) is 0 Å². The maximum Gasteiger partial charge on any atom is 0.440 e. The summed E-state index contributed by atoms with van der Waals surface area (Å²) in [7, 11) is 0. The van der Waals surface area contributed by atoms with Crippen LogP contribution >= 0.6 is 0 Å². The van der Waals surface area contributed by atoms with Crippen molar-refractivity contribution < 1.29 is 14.1 Å². The summed E-state index contributed by atoms with van der Waals surface area (Å²) in [6.45, 7) is 0. The lowest BCUT2D eigenvalue weighted by Crippen LogP contribution is -2.39. The fourth-order valence-electron chi connectivity index (χ4n) is 0.676. The first kappa shape index (κ1) is 7.59. The van der Waals surface area contributed by atoms with E-state index in [0.29, 0.717) is 6.08 Å². The van der Waals surface area contributed by atoms with Gasteiger partial charge in [0.1, 0.15) is 0 Å². The number of carbonyl (C=O) groups is 1. The number of ketones is 1. The van der Waals surface area contributed by atoms with Gasteiger partial charge < -0.3 is 0 Å². The normalized spacial score (nSPS) is 29.0. The SMILES string of the molecule is O=C1C=CC=CC1(F)[N+](=O)[O-]. The van der Waals surface area contributed by atoms with E-state index in [1.165, 1.54) is 6.08 Å². The van der Waals surface area contributed by atoms with Crippen molar-refractivity contribution in [3.8, 4) is 0 Å². The van der Waals surface area contributed by atoms with Gasteiger partial charge in [-0.3, -0.25) is 14.9 Å². The van der Waals surface area contributed by atoms with Gasteiger partial charge in [-0.25, -0.2) is 0 Å². The molecule has 1 rings (SSSR count). The third-order valence-corrected chi connectivity index (χ3v) is 1.29. The Balaban J connectivity index is 3.04. The van der Waals surface area contributed by atoms with E-state index in [1.54, 1.807) is 0 Å². The van der Waals surface area contributed by atoms with Crippen molar-refractivity contribution in [2.24, 2.45) is 0 Å². The molecule has 0 aromatic rings. The van der Waals surface area contributed by atoms with Gasteiger partial charge in [-0.1, -0.05) is 12.2 Å². The molecule has 58 valence electrons. The van der Waals surface area contributed by atoms with Crippen molar-refractivity contribution in [1.82, 2.24) is 0 Å². The van der Waals surface area contributed by atoms with Crippen molar-refractivity contribution in [3.63, 3.8) is 0 Å². The van der Waals surface area contributed by atoms with Gasteiger partial charge in [0.15, 0.2) is 0 Å². The second-order valence-electron chi connectivity index (χ2n) is 2.01. The van der Waals surface area contributed by atoms with Crippen LogP contribution < -0.4 is 0 Å². The molecule has 1 aliphatic rings. The van der Waals surface area contributed by atoms with Crippen LogP contribution in [0.2, 0.25) is 0 Å². The van der Waals surface area contributed by atoms with Crippen LogP contribution in [-0.4, -0.2) is 16.5 Å². The van der Waals surface area contributed by atoms with E-state index in [2.05, 4.69) is 0 Å². The molecule has 0 aromatic carbocycles. The monoisotopic (exact) mass is 157 g/mol. The average Bonchev–Trinajstić information content (AvgIpc) is 1.95. The molecule has 1 aliphatic carbocycles. The van der Waals surface area contributed by atoms with Gasteiger partial charge in [-0.15, -0.1) is 0 Å². The lowest BCUT2D eigenvalue weighted by Gasteiger charge is -2.09. The molecule has 0 fully saturated rings. The van der Waals surface area contributed by atoms with Crippen LogP contribution in [0.15, 0.2) is 24.3 Å². The molecule has 0 heterocycles. The molecule has 0 saturated heterocycles. The molecular formula is C6H4FNO3. The average molecular weight is 157 g/mol. The molecule has 0 saturated carbocycles. The Bertz CT molecular complexity index is 271. The van der Waals surface area contributed by atoms with Crippen molar-refractivity contribution in [2.75, 3.05) is 0 Å². The van der Waals surface area contributed by atoms with Crippen molar-refractivity contribution in [1.29, 1.82) is 0 Å². The molecule has 0 aromatic heterocycles. The van der Waals surface area contributed by atoms with Crippen molar-refractivity contribution >= 4 is 5.78 Å². The fourth-order valence-corrected chi connectivity index (χ4v) is 0.676. The minimum Gasteiger partial charge on any atom is -0.283 e. The Labute approximate surface area is 61.2 Å². The summed E-state index contributed by atoms with van der Waals surface area (Å²) in [5, 5.41) is 10.0. The van der Waals surface area contributed by atoms with E-state index in [9.17, 15) is 19.3 Å². The zero-order chi connectivity index (χ0) is 8.48. The molecule has 1 unspecified atom stereocenters. The van der Waals surface area contributed by atoms with E-state index >= 15 is 0 Å². The smallest absolute Gasteiger partial charge is 0.283 e. The molecule has 1 atom stereocenters. The van der Waals surface area contributed by atoms with E-state index in [-0.39, 0.29) is 0 Å². The number of carbonyl (C=O) groups excluding carboxylic acids is 1. The fraction of sp³-hybridized carbons (Fsp3) is 0.167. The Morgan fingerprint density at radius 1 is 1.55 bits per heavy atom. The number of alkyl halides is 1.